The van der Waals surface area contributed by atoms with E-state index in [0.717, 1.165) is 27.7 Å². The molecule has 0 saturated carbocycles. The zero-order chi connectivity index (χ0) is 16.2. The van der Waals surface area contributed by atoms with Crippen LogP contribution < -0.4 is 11.1 Å². The van der Waals surface area contributed by atoms with Gasteiger partial charge in [-0.3, -0.25) is 4.79 Å². The van der Waals surface area contributed by atoms with Crippen molar-refractivity contribution >= 4 is 39.9 Å². The first-order valence-electron chi connectivity index (χ1n) is 7.28. The van der Waals surface area contributed by atoms with Crippen molar-refractivity contribution in [3.8, 4) is 0 Å². The van der Waals surface area contributed by atoms with Gasteiger partial charge in [0, 0.05) is 16.7 Å². The molecule has 0 aliphatic carbocycles. The molecule has 0 unspecified atom stereocenters. The second-order valence-corrected chi connectivity index (χ2v) is 6.80. The smallest absolute Gasteiger partial charge is 0.230 e. The van der Waals surface area contributed by atoms with E-state index in [1.807, 2.05) is 62.4 Å². The fourth-order valence-corrected chi connectivity index (χ4v) is 2.49. The quantitative estimate of drug-likeness (QED) is 0.747. The highest BCUT2D eigenvalue weighted by molar-refractivity contribution is 9.10. The Kier molecular flexibility index (Phi) is 7.10. The standard InChI is InChI=1S/C18H21BrN2O.ClH/c1-18(2,14-5-7-15(19)8-6-14)17(22)21-12-11-13-3-9-16(20)10-4-13;/h3-10H,11-12,20H2,1-2H3,(H,21,22);1H. The summed E-state index contributed by atoms with van der Waals surface area (Å²) in [7, 11) is 0. The van der Waals surface area contributed by atoms with E-state index >= 15 is 0 Å². The Bertz CT molecular complexity index is 639. The first-order valence-corrected chi connectivity index (χ1v) is 8.07. The maximum atomic E-state index is 12.5. The topological polar surface area (TPSA) is 55.1 Å². The number of benzene rings is 2. The number of nitrogens with two attached hydrogens (primary N) is 1. The minimum Gasteiger partial charge on any atom is -0.399 e. The van der Waals surface area contributed by atoms with E-state index in [1.54, 1.807) is 0 Å². The van der Waals surface area contributed by atoms with E-state index in [1.165, 1.54) is 0 Å². The number of nitrogens with one attached hydrogen (secondary N) is 1. The Morgan fingerprint density at radius 1 is 1.09 bits per heavy atom. The van der Waals surface area contributed by atoms with Crippen LogP contribution in [0.5, 0.6) is 0 Å². The summed E-state index contributed by atoms with van der Waals surface area (Å²) in [6.45, 7) is 4.49. The van der Waals surface area contributed by atoms with E-state index in [0.29, 0.717) is 6.54 Å². The van der Waals surface area contributed by atoms with Gasteiger partial charge in [0.2, 0.25) is 5.91 Å². The number of hydrogen-bond donors (Lipinski definition) is 2. The fraction of sp³-hybridized carbons (Fsp3) is 0.278. The van der Waals surface area contributed by atoms with Crippen LogP contribution in [0.15, 0.2) is 53.0 Å². The monoisotopic (exact) mass is 396 g/mol. The minimum atomic E-state index is -0.554. The summed E-state index contributed by atoms with van der Waals surface area (Å²) in [5.74, 6) is 0.0327. The third-order valence-electron chi connectivity index (χ3n) is 3.81. The number of nitrogen functional groups attached to an aromatic ring is 1. The van der Waals surface area contributed by atoms with Gasteiger partial charge in [0.1, 0.15) is 0 Å². The number of amides is 1. The molecular formula is C18H22BrClN2O. The van der Waals surface area contributed by atoms with E-state index in [9.17, 15) is 4.79 Å². The van der Waals surface area contributed by atoms with Gasteiger partial charge >= 0.3 is 0 Å². The van der Waals surface area contributed by atoms with Crippen molar-refractivity contribution < 1.29 is 4.79 Å². The van der Waals surface area contributed by atoms with Gasteiger partial charge in [-0.15, -0.1) is 12.4 Å². The molecule has 0 bridgehead atoms. The number of hydrogen-bond acceptors (Lipinski definition) is 2. The average molecular weight is 398 g/mol. The van der Waals surface area contributed by atoms with Crippen molar-refractivity contribution in [2.24, 2.45) is 0 Å². The average Bonchev–Trinajstić information content (AvgIpc) is 2.49. The third-order valence-corrected chi connectivity index (χ3v) is 4.34. The van der Waals surface area contributed by atoms with Crippen LogP contribution >= 0.6 is 28.3 Å². The summed E-state index contributed by atoms with van der Waals surface area (Å²) in [5.41, 5.74) is 8.03. The van der Waals surface area contributed by atoms with E-state index in [-0.39, 0.29) is 18.3 Å². The fourth-order valence-electron chi connectivity index (χ4n) is 2.22. The zero-order valence-electron chi connectivity index (χ0n) is 13.3. The van der Waals surface area contributed by atoms with E-state index in [4.69, 9.17) is 5.73 Å². The molecule has 0 saturated heterocycles. The summed E-state index contributed by atoms with van der Waals surface area (Å²) in [6, 6.07) is 15.6. The van der Waals surface area contributed by atoms with Crippen molar-refractivity contribution in [1.82, 2.24) is 5.32 Å². The minimum absolute atomic E-state index is 0. The normalized spacial score (nSPS) is 10.7. The molecule has 0 aromatic heterocycles. The summed E-state index contributed by atoms with van der Waals surface area (Å²) in [6.07, 6.45) is 0.794. The van der Waals surface area contributed by atoms with Gasteiger partial charge in [0.15, 0.2) is 0 Å². The van der Waals surface area contributed by atoms with E-state index in [2.05, 4.69) is 21.2 Å². The van der Waals surface area contributed by atoms with Crippen molar-refractivity contribution in [2.75, 3.05) is 12.3 Å². The Morgan fingerprint density at radius 2 is 1.65 bits per heavy atom. The molecule has 0 radical (unpaired) electrons. The van der Waals surface area contributed by atoms with Crippen LogP contribution in [0.4, 0.5) is 5.69 Å². The lowest BCUT2D eigenvalue weighted by molar-refractivity contribution is -0.125. The van der Waals surface area contributed by atoms with Crippen LogP contribution in [0.2, 0.25) is 0 Å². The maximum Gasteiger partial charge on any atom is 0.230 e. The highest BCUT2D eigenvalue weighted by Crippen LogP contribution is 2.25. The lowest BCUT2D eigenvalue weighted by atomic mass is 9.84. The molecule has 3 N–H and O–H groups in total. The molecule has 5 heteroatoms. The van der Waals surface area contributed by atoms with Gasteiger partial charge in [-0.05, 0) is 55.7 Å². The SMILES string of the molecule is CC(C)(C(=O)NCCc1ccc(N)cc1)c1ccc(Br)cc1.Cl. The Labute approximate surface area is 152 Å². The Morgan fingerprint density at radius 3 is 2.22 bits per heavy atom. The van der Waals surface area contributed by atoms with Crippen LogP contribution in [0, 0.1) is 0 Å². The first-order chi connectivity index (χ1) is 10.4. The maximum absolute atomic E-state index is 12.5. The van der Waals surface area contributed by atoms with Gasteiger partial charge in [-0.1, -0.05) is 40.2 Å². The third kappa shape index (κ3) is 5.26. The summed E-state index contributed by atoms with van der Waals surface area (Å²) in [5, 5.41) is 3.02. The summed E-state index contributed by atoms with van der Waals surface area (Å²) >= 11 is 3.41. The molecule has 2 aromatic rings. The van der Waals surface area contributed by atoms with Crippen molar-refractivity contribution in [1.29, 1.82) is 0 Å². The molecule has 1 amide bonds. The second-order valence-electron chi connectivity index (χ2n) is 5.88. The lowest BCUT2D eigenvalue weighted by Crippen LogP contribution is -2.40. The molecule has 0 fully saturated rings. The van der Waals surface area contributed by atoms with Crippen molar-refractivity contribution in [2.45, 2.75) is 25.7 Å². The van der Waals surface area contributed by atoms with Crippen LogP contribution in [0.25, 0.3) is 0 Å². The Balaban J connectivity index is 0.00000264. The molecule has 2 rings (SSSR count). The first kappa shape index (κ1) is 19.5. The molecule has 124 valence electrons. The van der Waals surface area contributed by atoms with E-state index < -0.39 is 5.41 Å². The second kappa shape index (κ2) is 8.37. The van der Waals surface area contributed by atoms with Gasteiger partial charge in [-0.2, -0.15) is 0 Å². The van der Waals surface area contributed by atoms with Crippen molar-refractivity contribution in [3.63, 3.8) is 0 Å². The van der Waals surface area contributed by atoms with Crippen LogP contribution in [-0.2, 0) is 16.6 Å². The number of anilines is 1. The number of carbonyl (C=O) groups excluding carboxylic acids is 1. The molecule has 0 spiro atoms. The number of carbonyl (C=O) groups is 1. The highest BCUT2D eigenvalue weighted by Gasteiger charge is 2.29. The molecule has 0 aliphatic rings. The number of rotatable bonds is 5. The molecule has 2 aromatic carbocycles. The predicted molar refractivity (Wildman–Crippen MR) is 102 cm³/mol. The summed E-state index contributed by atoms with van der Waals surface area (Å²) in [4.78, 5) is 12.5. The van der Waals surface area contributed by atoms with Crippen LogP contribution in [0.1, 0.15) is 25.0 Å². The zero-order valence-corrected chi connectivity index (χ0v) is 15.7. The molecule has 23 heavy (non-hydrogen) atoms. The van der Waals surface area contributed by atoms with Gasteiger partial charge in [-0.25, -0.2) is 0 Å². The molecular weight excluding hydrogens is 376 g/mol. The molecule has 0 heterocycles. The van der Waals surface area contributed by atoms with Gasteiger partial charge in [0.25, 0.3) is 0 Å². The largest absolute Gasteiger partial charge is 0.399 e. The lowest BCUT2D eigenvalue weighted by Gasteiger charge is -2.24. The van der Waals surface area contributed by atoms with Gasteiger partial charge < -0.3 is 11.1 Å². The Hall–Kier alpha value is -1.52. The predicted octanol–water partition coefficient (Wildman–Crippen LogP) is 4.09. The molecule has 0 aliphatic heterocycles. The van der Waals surface area contributed by atoms with Crippen molar-refractivity contribution in [3.05, 3.63) is 64.1 Å². The molecule has 0 atom stereocenters. The summed E-state index contributed by atoms with van der Waals surface area (Å²) < 4.78 is 1.01. The molecule has 3 nitrogen and oxygen atoms in total. The van der Waals surface area contributed by atoms with Crippen LogP contribution in [-0.4, -0.2) is 12.5 Å². The van der Waals surface area contributed by atoms with Crippen LogP contribution in [0.3, 0.4) is 0 Å². The highest BCUT2D eigenvalue weighted by atomic mass is 79.9. The number of halogens is 2. The van der Waals surface area contributed by atoms with Gasteiger partial charge in [0.05, 0.1) is 5.41 Å².